The van der Waals surface area contributed by atoms with Crippen molar-refractivity contribution in [3.8, 4) is 0 Å². The third-order valence-corrected chi connectivity index (χ3v) is 4.72. The molecule has 0 N–H and O–H groups in total. The Labute approximate surface area is 117 Å². The summed E-state index contributed by atoms with van der Waals surface area (Å²) in [7, 11) is 0. The number of aromatic nitrogens is 3. The highest BCUT2D eigenvalue weighted by Crippen LogP contribution is 2.44. The van der Waals surface area contributed by atoms with Crippen LogP contribution in [0.2, 0.25) is 0 Å². The molecule has 2 aliphatic rings. The molecule has 3 atom stereocenters. The Morgan fingerprint density at radius 3 is 3.00 bits per heavy atom. The zero-order chi connectivity index (χ0) is 13.7. The van der Waals surface area contributed by atoms with E-state index in [0.29, 0.717) is 23.2 Å². The summed E-state index contributed by atoms with van der Waals surface area (Å²) in [5.74, 6) is 1.95. The lowest BCUT2D eigenvalue weighted by molar-refractivity contribution is 0.383. The number of nitrogens with zero attached hydrogens (tertiary/aromatic N) is 3. The second-order valence-corrected chi connectivity index (χ2v) is 6.00. The fourth-order valence-electron chi connectivity index (χ4n) is 3.72. The monoisotopic (exact) mass is 267 g/mol. The highest BCUT2D eigenvalue weighted by Gasteiger charge is 2.36. The second-order valence-electron chi connectivity index (χ2n) is 6.00. The Bertz CT molecular complexity index is 762. The van der Waals surface area contributed by atoms with Crippen LogP contribution < -0.4 is 5.56 Å². The van der Waals surface area contributed by atoms with E-state index in [2.05, 4.69) is 22.1 Å². The minimum Gasteiger partial charge on any atom is -0.303 e. The van der Waals surface area contributed by atoms with Gasteiger partial charge in [0, 0.05) is 12.7 Å². The molecule has 102 valence electrons. The van der Waals surface area contributed by atoms with Crippen molar-refractivity contribution in [2.24, 2.45) is 17.8 Å². The third-order valence-electron chi connectivity index (χ3n) is 4.72. The van der Waals surface area contributed by atoms with E-state index in [1.54, 1.807) is 13.1 Å². The molecule has 0 saturated heterocycles. The summed E-state index contributed by atoms with van der Waals surface area (Å²) >= 11 is 0. The number of allylic oxidation sites excluding steroid dienone is 2. The molecule has 1 saturated carbocycles. The molecule has 0 spiro atoms. The minimum absolute atomic E-state index is 0.0252. The Morgan fingerprint density at radius 1 is 1.35 bits per heavy atom. The molecule has 2 aliphatic carbocycles. The standard InChI is InChI=1S/C16H17N3O/c1-10-16(20)19(14-3-2-6-17-15(14)18-10)9-13-8-11-4-5-12(13)7-11/h2-6,11-13H,7-9H2,1H3/t11-,12+,13?/m0/s1. The molecule has 0 radical (unpaired) electrons. The van der Waals surface area contributed by atoms with Crippen LogP contribution in [0, 0.1) is 24.7 Å². The van der Waals surface area contributed by atoms with Crippen molar-refractivity contribution >= 4 is 11.2 Å². The lowest BCUT2D eigenvalue weighted by atomic mass is 9.93. The first-order valence-corrected chi connectivity index (χ1v) is 7.23. The molecule has 1 unspecified atom stereocenters. The lowest BCUT2D eigenvalue weighted by Crippen LogP contribution is -2.28. The summed E-state index contributed by atoms with van der Waals surface area (Å²) in [5, 5.41) is 0. The molecule has 4 rings (SSSR count). The fourth-order valence-corrected chi connectivity index (χ4v) is 3.72. The number of fused-ring (bicyclic) bond motifs is 3. The van der Waals surface area contributed by atoms with Gasteiger partial charge in [-0.15, -0.1) is 0 Å². The van der Waals surface area contributed by atoms with E-state index in [1.807, 2.05) is 16.7 Å². The summed E-state index contributed by atoms with van der Waals surface area (Å²) < 4.78 is 1.88. The number of pyridine rings is 1. The molecule has 20 heavy (non-hydrogen) atoms. The van der Waals surface area contributed by atoms with Gasteiger partial charge < -0.3 is 4.57 Å². The van der Waals surface area contributed by atoms with Crippen LogP contribution in [-0.4, -0.2) is 14.5 Å². The smallest absolute Gasteiger partial charge is 0.272 e. The van der Waals surface area contributed by atoms with E-state index in [0.717, 1.165) is 18.0 Å². The average Bonchev–Trinajstić information content (AvgIpc) is 3.06. The van der Waals surface area contributed by atoms with Gasteiger partial charge in [0.25, 0.3) is 5.56 Å². The quantitative estimate of drug-likeness (QED) is 0.784. The van der Waals surface area contributed by atoms with Gasteiger partial charge in [0.2, 0.25) is 0 Å². The molecule has 0 aliphatic heterocycles. The molecule has 0 aromatic carbocycles. The van der Waals surface area contributed by atoms with E-state index in [4.69, 9.17) is 0 Å². The first-order chi connectivity index (χ1) is 9.72. The summed E-state index contributed by atoms with van der Waals surface area (Å²) in [6.07, 6.45) is 8.86. The molecule has 4 nitrogen and oxygen atoms in total. The summed E-state index contributed by atoms with van der Waals surface area (Å²) in [6, 6.07) is 3.81. The van der Waals surface area contributed by atoms with Gasteiger partial charge in [0.05, 0.1) is 5.52 Å². The van der Waals surface area contributed by atoms with Crippen LogP contribution in [0.3, 0.4) is 0 Å². The van der Waals surface area contributed by atoms with Crippen molar-refractivity contribution in [2.45, 2.75) is 26.3 Å². The lowest BCUT2D eigenvalue weighted by Gasteiger charge is -2.20. The molecule has 2 heterocycles. The van der Waals surface area contributed by atoms with E-state index in [1.165, 1.54) is 12.8 Å². The largest absolute Gasteiger partial charge is 0.303 e. The molecule has 2 aromatic heterocycles. The van der Waals surface area contributed by atoms with Gasteiger partial charge in [-0.05, 0) is 49.7 Å². The molecular formula is C16H17N3O. The molecule has 0 amide bonds. The second kappa shape index (κ2) is 4.27. The van der Waals surface area contributed by atoms with Gasteiger partial charge in [0.1, 0.15) is 5.69 Å². The highest BCUT2D eigenvalue weighted by atomic mass is 16.1. The molecule has 2 bridgehead atoms. The van der Waals surface area contributed by atoms with Crippen molar-refractivity contribution in [1.82, 2.24) is 14.5 Å². The van der Waals surface area contributed by atoms with Gasteiger partial charge in [-0.25, -0.2) is 9.97 Å². The van der Waals surface area contributed by atoms with Crippen LogP contribution in [0.1, 0.15) is 18.5 Å². The van der Waals surface area contributed by atoms with Crippen molar-refractivity contribution in [1.29, 1.82) is 0 Å². The Morgan fingerprint density at radius 2 is 2.25 bits per heavy atom. The normalized spacial score (nSPS) is 27.6. The summed E-state index contributed by atoms with van der Waals surface area (Å²) in [6.45, 7) is 2.56. The van der Waals surface area contributed by atoms with Crippen LogP contribution in [0.5, 0.6) is 0 Å². The zero-order valence-electron chi connectivity index (χ0n) is 11.5. The van der Waals surface area contributed by atoms with Crippen molar-refractivity contribution in [2.75, 3.05) is 0 Å². The maximum atomic E-state index is 12.4. The first kappa shape index (κ1) is 11.8. The summed E-state index contributed by atoms with van der Waals surface area (Å²) in [4.78, 5) is 21.0. The van der Waals surface area contributed by atoms with Crippen molar-refractivity contribution in [3.63, 3.8) is 0 Å². The molecular weight excluding hydrogens is 250 g/mol. The number of aryl methyl sites for hydroxylation is 1. The maximum absolute atomic E-state index is 12.4. The SMILES string of the molecule is Cc1nc2ncccc2n(CC2C[C@H]3C=C[C@@H]2C3)c1=O. The summed E-state index contributed by atoms with van der Waals surface area (Å²) in [5.41, 5.74) is 2.09. The molecule has 4 heteroatoms. The van der Waals surface area contributed by atoms with Crippen LogP contribution in [0.15, 0.2) is 35.3 Å². The first-order valence-electron chi connectivity index (χ1n) is 7.23. The van der Waals surface area contributed by atoms with Gasteiger partial charge in [-0.3, -0.25) is 4.79 Å². The van der Waals surface area contributed by atoms with E-state index >= 15 is 0 Å². The van der Waals surface area contributed by atoms with E-state index in [-0.39, 0.29) is 5.56 Å². The predicted molar refractivity (Wildman–Crippen MR) is 77.4 cm³/mol. The fraction of sp³-hybridized carbons (Fsp3) is 0.438. The average molecular weight is 267 g/mol. The number of rotatable bonds is 2. The van der Waals surface area contributed by atoms with Crippen LogP contribution in [-0.2, 0) is 6.54 Å². The third kappa shape index (κ3) is 1.71. The van der Waals surface area contributed by atoms with Crippen molar-refractivity contribution in [3.05, 3.63) is 46.5 Å². The van der Waals surface area contributed by atoms with Crippen LogP contribution in [0.25, 0.3) is 11.2 Å². The topological polar surface area (TPSA) is 47.8 Å². The zero-order valence-corrected chi connectivity index (χ0v) is 11.5. The van der Waals surface area contributed by atoms with Crippen LogP contribution in [0.4, 0.5) is 0 Å². The highest BCUT2D eigenvalue weighted by molar-refractivity contribution is 5.69. The van der Waals surface area contributed by atoms with E-state index < -0.39 is 0 Å². The van der Waals surface area contributed by atoms with Crippen molar-refractivity contribution < 1.29 is 0 Å². The molecule has 2 aromatic rings. The number of hydrogen-bond acceptors (Lipinski definition) is 3. The Hall–Kier alpha value is -1.97. The minimum atomic E-state index is 0.0252. The Balaban J connectivity index is 1.81. The van der Waals surface area contributed by atoms with Gasteiger partial charge in [-0.2, -0.15) is 0 Å². The predicted octanol–water partition coefficient (Wildman–Crippen LogP) is 2.31. The maximum Gasteiger partial charge on any atom is 0.272 e. The van der Waals surface area contributed by atoms with Gasteiger partial charge >= 0.3 is 0 Å². The number of hydrogen-bond donors (Lipinski definition) is 0. The van der Waals surface area contributed by atoms with Gasteiger partial charge in [0.15, 0.2) is 5.65 Å². The molecule has 1 fully saturated rings. The Kier molecular flexibility index (Phi) is 2.52. The van der Waals surface area contributed by atoms with Crippen LogP contribution >= 0.6 is 0 Å². The van der Waals surface area contributed by atoms with E-state index in [9.17, 15) is 4.79 Å². The van der Waals surface area contributed by atoms with Gasteiger partial charge in [-0.1, -0.05) is 12.2 Å².